The van der Waals surface area contributed by atoms with Crippen molar-refractivity contribution < 1.29 is 26.8 Å². The van der Waals surface area contributed by atoms with E-state index in [1.54, 1.807) is 29.1 Å². The Labute approximate surface area is 199 Å². The SMILES string of the molecule is O=C(Nc1ccn(Cc2ccc(Cl)cc2)n1)c1ccc(Cn2nc(C(F)F)c(Cl)c2C(F)F)o1. The van der Waals surface area contributed by atoms with Gasteiger partial charge >= 0.3 is 0 Å². The number of aromatic nitrogens is 4. The second-order valence-corrected chi connectivity index (χ2v) is 7.90. The van der Waals surface area contributed by atoms with Gasteiger partial charge in [-0.25, -0.2) is 17.6 Å². The molecule has 0 radical (unpaired) electrons. The van der Waals surface area contributed by atoms with Gasteiger partial charge in [0.05, 0.1) is 18.1 Å². The maximum atomic E-state index is 13.3. The van der Waals surface area contributed by atoms with Crippen molar-refractivity contribution >= 4 is 34.9 Å². The summed E-state index contributed by atoms with van der Waals surface area (Å²) in [6.45, 7) is 0.0343. The van der Waals surface area contributed by atoms with E-state index < -0.39 is 41.7 Å². The van der Waals surface area contributed by atoms with Gasteiger partial charge in [0.15, 0.2) is 11.6 Å². The molecule has 0 spiro atoms. The first-order chi connectivity index (χ1) is 16.2. The molecule has 1 aromatic carbocycles. The lowest BCUT2D eigenvalue weighted by molar-refractivity contribution is 0.0993. The van der Waals surface area contributed by atoms with Gasteiger partial charge < -0.3 is 9.73 Å². The molecular formula is C21H15Cl2F4N5O2. The molecule has 7 nitrogen and oxygen atoms in total. The molecule has 0 aliphatic rings. The third-order valence-electron chi connectivity index (χ3n) is 4.70. The Hall–Kier alpha value is -3.31. The van der Waals surface area contributed by atoms with Crippen molar-refractivity contribution in [3.8, 4) is 0 Å². The molecule has 3 heterocycles. The molecule has 1 N–H and O–H groups in total. The summed E-state index contributed by atoms with van der Waals surface area (Å²) in [6.07, 6.45) is -4.58. The van der Waals surface area contributed by atoms with Crippen LogP contribution in [0.4, 0.5) is 23.4 Å². The second kappa shape index (κ2) is 9.90. The van der Waals surface area contributed by atoms with Crippen LogP contribution in [-0.2, 0) is 13.1 Å². The Morgan fingerprint density at radius 3 is 2.38 bits per heavy atom. The number of alkyl halides is 4. The molecule has 1 amide bonds. The highest BCUT2D eigenvalue weighted by atomic mass is 35.5. The number of amides is 1. The third-order valence-corrected chi connectivity index (χ3v) is 5.34. The van der Waals surface area contributed by atoms with Crippen molar-refractivity contribution in [1.82, 2.24) is 19.6 Å². The Kier molecular flexibility index (Phi) is 6.94. The second-order valence-electron chi connectivity index (χ2n) is 7.09. The van der Waals surface area contributed by atoms with E-state index in [4.69, 9.17) is 27.6 Å². The number of carbonyl (C=O) groups excluding carboxylic acids is 1. The molecule has 0 saturated carbocycles. The highest BCUT2D eigenvalue weighted by Gasteiger charge is 2.28. The number of furan rings is 1. The normalized spacial score (nSPS) is 11.5. The standard InChI is InChI=1S/C21H15Cl2F4N5O2/c22-12-3-1-11(2-4-12)9-31-8-7-15(29-31)28-21(33)14-6-5-13(34-14)10-32-18(20(26)27)16(23)17(30-32)19(24)25/h1-8,19-20H,9-10H2,(H,28,29,33). The summed E-state index contributed by atoms with van der Waals surface area (Å²) >= 11 is 11.5. The summed E-state index contributed by atoms with van der Waals surface area (Å²) in [5.74, 6) is -0.463. The predicted molar refractivity (Wildman–Crippen MR) is 116 cm³/mol. The van der Waals surface area contributed by atoms with Gasteiger partial charge in [-0.1, -0.05) is 35.3 Å². The molecule has 178 valence electrons. The highest BCUT2D eigenvalue weighted by molar-refractivity contribution is 6.32. The number of nitrogens with one attached hydrogen (secondary N) is 1. The van der Waals surface area contributed by atoms with E-state index in [0.717, 1.165) is 5.56 Å². The first-order valence-electron chi connectivity index (χ1n) is 9.71. The van der Waals surface area contributed by atoms with Gasteiger partial charge in [-0.3, -0.25) is 14.2 Å². The summed E-state index contributed by atoms with van der Waals surface area (Å²) in [5, 5.41) is 10.1. The van der Waals surface area contributed by atoms with Crippen LogP contribution in [0.15, 0.2) is 53.1 Å². The van der Waals surface area contributed by atoms with Crippen molar-refractivity contribution in [1.29, 1.82) is 0 Å². The minimum absolute atomic E-state index is 0.0419. The fraction of sp³-hybridized carbons (Fsp3) is 0.190. The van der Waals surface area contributed by atoms with Gasteiger partial charge in [0.2, 0.25) is 0 Å². The number of hydrogen-bond donors (Lipinski definition) is 1. The fourth-order valence-corrected chi connectivity index (χ4v) is 3.57. The van der Waals surface area contributed by atoms with E-state index in [2.05, 4.69) is 15.5 Å². The van der Waals surface area contributed by atoms with Gasteiger partial charge in [-0.05, 0) is 29.8 Å². The molecule has 3 aromatic heterocycles. The molecule has 4 rings (SSSR count). The molecule has 0 bridgehead atoms. The largest absolute Gasteiger partial charge is 0.454 e. The smallest absolute Gasteiger partial charge is 0.292 e. The van der Waals surface area contributed by atoms with Crippen molar-refractivity contribution in [3.05, 3.63) is 87.2 Å². The number of anilines is 1. The molecule has 0 saturated heterocycles. The van der Waals surface area contributed by atoms with E-state index in [1.165, 1.54) is 12.1 Å². The van der Waals surface area contributed by atoms with Crippen LogP contribution >= 0.6 is 23.2 Å². The van der Waals surface area contributed by atoms with Gasteiger partial charge in [-0.2, -0.15) is 10.2 Å². The van der Waals surface area contributed by atoms with Crippen LogP contribution in [-0.4, -0.2) is 25.5 Å². The molecular weight excluding hydrogens is 501 g/mol. The van der Waals surface area contributed by atoms with Crippen LogP contribution in [0.1, 0.15) is 46.1 Å². The minimum Gasteiger partial charge on any atom is -0.454 e. The lowest BCUT2D eigenvalue weighted by Gasteiger charge is -2.05. The third kappa shape index (κ3) is 5.26. The molecule has 4 aromatic rings. The maximum absolute atomic E-state index is 13.3. The number of benzene rings is 1. The topological polar surface area (TPSA) is 77.9 Å². The molecule has 34 heavy (non-hydrogen) atoms. The van der Waals surface area contributed by atoms with E-state index in [-0.39, 0.29) is 17.3 Å². The van der Waals surface area contributed by atoms with Gasteiger partial charge in [0.1, 0.15) is 17.1 Å². The quantitative estimate of drug-likeness (QED) is 0.283. The fourth-order valence-electron chi connectivity index (χ4n) is 3.14. The molecule has 0 fully saturated rings. The van der Waals surface area contributed by atoms with Gasteiger partial charge in [-0.15, -0.1) is 0 Å². The van der Waals surface area contributed by atoms with E-state index in [0.29, 0.717) is 16.2 Å². The number of rotatable bonds is 8. The first-order valence-corrected chi connectivity index (χ1v) is 10.5. The number of carbonyl (C=O) groups is 1. The van der Waals surface area contributed by atoms with Crippen molar-refractivity contribution in [3.63, 3.8) is 0 Å². The zero-order valence-corrected chi connectivity index (χ0v) is 18.6. The lowest BCUT2D eigenvalue weighted by atomic mass is 10.2. The summed E-state index contributed by atoms with van der Waals surface area (Å²) in [4.78, 5) is 12.5. The molecule has 0 atom stereocenters. The number of halogens is 6. The number of hydrogen-bond acceptors (Lipinski definition) is 4. The van der Waals surface area contributed by atoms with E-state index in [9.17, 15) is 22.4 Å². The molecule has 13 heteroatoms. The van der Waals surface area contributed by atoms with Crippen molar-refractivity contribution in [2.45, 2.75) is 25.9 Å². The Balaban J connectivity index is 1.43. The summed E-state index contributed by atoms with van der Waals surface area (Å²) in [7, 11) is 0. The highest BCUT2D eigenvalue weighted by Crippen LogP contribution is 2.35. The zero-order valence-electron chi connectivity index (χ0n) is 17.1. The average molecular weight is 516 g/mol. The Morgan fingerprint density at radius 1 is 0.971 bits per heavy atom. The van der Waals surface area contributed by atoms with E-state index >= 15 is 0 Å². The van der Waals surface area contributed by atoms with Gasteiger partial charge in [0, 0.05) is 17.3 Å². The van der Waals surface area contributed by atoms with Crippen LogP contribution < -0.4 is 5.32 Å². The summed E-state index contributed by atoms with van der Waals surface area (Å²) < 4.78 is 60.2. The first kappa shape index (κ1) is 23.8. The van der Waals surface area contributed by atoms with Crippen LogP contribution in [0.5, 0.6) is 0 Å². The monoisotopic (exact) mass is 515 g/mol. The molecule has 0 aliphatic heterocycles. The van der Waals surface area contributed by atoms with Crippen LogP contribution in [0.3, 0.4) is 0 Å². The van der Waals surface area contributed by atoms with Crippen molar-refractivity contribution in [2.24, 2.45) is 0 Å². The van der Waals surface area contributed by atoms with Crippen LogP contribution in [0.2, 0.25) is 10.0 Å². The average Bonchev–Trinajstić information content (AvgIpc) is 3.49. The predicted octanol–water partition coefficient (Wildman–Crippen LogP) is 6.20. The van der Waals surface area contributed by atoms with Crippen LogP contribution in [0.25, 0.3) is 0 Å². The Bertz CT molecular complexity index is 1300. The summed E-state index contributed by atoms with van der Waals surface area (Å²) in [5.41, 5.74) is -0.848. The van der Waals surface area contributed by atoms with Gasteiger partial charge in [0.25, 0.3) is 18.8 Å². The Morgan fingerprint density at radius 2 is 1.71 bits per heavy atom. The summed E-state index contributed by atoms with van der Waals surface area (Å²) in [6, 6.07) is 11.5. The van der Waals surface area contributed by atoms with E-state index in [1.807, 2.05) is 12.1 Å². The molecule has 0 aliphatic carbocycles. The zero-order chi connectivity index (χ0) is 24.4. The van der Waals surface area contributed by atoms with Crippen molar-refractivity contribution in [2.75, 3.05) is 5.32 Å². The van der Waals surface area contributed by atoms with Crippen LogP contribution in [0, 0.1) is 0 Å². The number of nitrogens with zero attached hydrogens (tertiary/aromatic N) is 4. The lowest BCUT2D eigenvalue weighted by Crippen LogP contribution is -2.12. The maximum Gasteiger partial charge on any atom is 0.292 e. The minimum atomic E-state index is -3.13. The molecule has 0 unspecified atom stereocenters.